The lowest BCUT2D eigenvalue weighted by Gasteiger charge is -2.20. The highest BCUT2D eigenvalue weighted by molar-refractivity contribution is 7.98. The Morgan fingerprint density at radius 1 is 1.14 bits per heavy atom. The van der Waals surface area contributed by atoms with Crippen LogP contribution in [0.15, 0.2) is 34.0 Å². The fraction of sp³-hybridized carbons (Fsp3) is 0.375. The molecule has 0 spiro atoms. The summed E-state index contributed by atoms with van der Waals surface area (Å²) < 4.78 is 48.7. The molecule has 0 heterocycles. The van der Waals surface area contributed by atoms with E-state index in [9.17, 15) is 27.6 Å². The minimum Gasteiger partial charge on any atom is -0.493 e. The number of methoxy groups -OCH3 is 2. The molecule has 2 aromatic rings. The number of aryl methyl sites for hydroxylation is 2. The molecular formula is C24H25F3N2O5S. The molecule has 0 saturated carbocycles. The first kappa shape index (κ1) is 26.4. The highest BCUT2D eigenvalue weighted by Gasteiger charge is 2.38. The van der Waals surface area contributed by atoms with E-state index in [1.807, 2.05) is 13.0 Å². The van der Waals surface area contributed by atoms with Crippen molar-refractivity contribution < 1.29 is 32.2 Å². The summed E-state index contributed by atoms with van der Waals surface area (Å²) in [4.78, 5) is 36.9. The second-order valence-electron chi connectivity index (χ2n) is 7.91. The van der Waals surface area contributed by atoms with Gasteiger partial charge in [-0.05, 0) is 60.4 Å². The van der Waals surface area contributed by atoms with Crippen LogP contribution in [-0.4, -0.2) is 45.0 Å². The predicted molar refractivity (Wildman–Crippen MR) is 126 cm³/mol. The lowest BCUT2D eigenvalue weighted by Crippen LogP contribution is -2.43. The summed E-state index contributed by atoms with van der Waals surface area (Å²) in [5.74, 6) is -1.99. The zero-order valence-corrected chi connectivity index (χ0v) is 20.4. The first-order valence-corrected chi connectivity index (χ1v) is 11.9. The summed E-state index contributed by atoms with van der Waals surface area (Å²) in [6, 6.07) is 6.15. The molecule has 7 nitrogen and oxygen atoms in total. The lowest BCUT2D eigenvalue weighted by atomic mass is 9.94. The minimum atomic E-state index is -5.09. The molecule has 188 valence electrons. The third-order valence-corrected chi connectivity index (χ3v) is 6.50. The number of halogens is 3. The number of carbonyl (C=O) groups is 2. The molecule has 1 aliphatic carbocycles. The molecule has 0 radical (unpaired) electrons. The van der Waals surface area contributed by atoms with Crippen LogP contribution in [0.2, 0.25) is 0 Å². The number of rotatable bonds is 6. The van der Waals surface area contributed by atoms with E-state index in [0.29, 0.717) is 40.4 Å². The number of hydrogen-bond donors (Lipinski definition) is 2. The van der Waals surface area contributed by atoms with Gasteiger partial charge in [-0.15, -0.1) is 11.8 Å². The van der Waals surface area contributed by atoms with Gasteiger partial charge in [-0.25, -0.2) is 0 Å². The molecule has 2 N–H and O–H groups in total. The topological polar surface area (TPSA) is 93.7 Å². The molecule has 1 atom stereocenters. The summed E-state index contributed by atoms with van der Waals surface area (Å²) in [5, 5.41) is 4.24. The SMILES string of the molecule is COc1c(C)cc2c(c1OC)-c1ccc(SC)c(=O)cc1C(NC(=O)CNC(=O)C(F)(F)F)CC2. The van der Waals surface area contributed by atoms with Gasteiger partial charge in [0.25, 0.3) is 0 Å². The fourth-order valence-electron chi connectivity index (χ4n) is 4.20. The zero-order chi connectivity index (χ0) is 25.9. The van der Waals surface area contributed by atoms with E-state index in [1.54, 1.807) is 23.7 Å². The number of benzene rings is 1. The first-order chi connectivity index (χ1) is 16.5. The molecule has 1 aliphatic rings. The van der Waals surface area contributed by atoms with E-state index in [1.165, 1.54) is 32.0 Å². The summed E-state index contributed by atoms with van der Waals surface area (Å²) in [7, 11) is 3.04. The molecule has 0 aliphatic heterocycles. The molecule has 35 heavy (non-hydrogen) atoms. The van der Waals surface area contributed by atoms with Gasteiger partial charge in [0.2, 0.25) is 5.91 Å². The molecule has 2 amide bonds. The summed E-state index contributed by atoms with van der Waals surface area (Å²) >= 11 is 1.27. The van der Waals surface area contributed by atoms with Crippen LogP contribution in [0, 0.1) is 6.92 Å². The molecule has 2 aromatic carbocycles. The largest absolute Gasteiger partial charge is 0.493 e. The van der Waals surface area contributed by atoms with Crippen molar-refractivity contribution in [1.29, 1.82) is 0 Å². The second kappa shape index (κ2) is 10.6. The third-order valence-electron chi connectivity index (χ3n) is 5.72. The molecule has 11 heteroatoms. The van der Waals surface area contributed by atoms with Crippen LogP contribution in [0.25, 0.3) is 11.1 Å². The molecule has 3 rings (SSSR count). The average Bonchev–Trinajstić information content (AvgIpc) is 3.04. The van der Waals surface area contributed by atoms with Crippen LogP contribution in [0.3, 0.4) is 0 Å². The van der Waals surface area contributed by atoms with Crippen LogP contribution in [0.4, 0.5) is 13.2 Å². The van der Waals surface area contributed by atoms with Gasteiger partial charge in [0.15, 0.2) is 16.9 Å². The van der Waals surface area contributed by atoms with Gasteiger partial charge in [0.1, 0.15) is 0 Å². The molecule has 0 saturated heterocycles. The van der Waals surface area contributed by atoms with E-state index in [-0.39, 0.29) is 5.43 Å². The Morgan fingerprint density at radius 2 is 1.83 bits per heavy atom. The van der Waals surface area contributed by atoms with Crippen LogP contribution in [0.1, 0.15) is 29.2 Å². The molecule has 0 bridgehead atoms. The van der Waals surface area contributed by atoms with Crippen LogP contribution in [-0.2, 0) is 16.0 Å². The quantitative estimate of drug-likeness (QED) is 0.578. The maximum atomic E-state index is 12.9. The normalized spacial score (nSPS) is 14.8. The van der Waals surface area contributed by atoms with Gasteiger partial charge in [0.05, 0.1) is 31.7 Å². The Labute approximate surface area is 204 Å². The van der Waals surface area contributed by atoms with E-state index in [2.05, 4.69) is 5.32 Å². The Kier molecular flexibility index (Phi) is 7.99. The number of ether oxygens (including phenoxy) is 2. The van der Waals surface area contributed by atoms with Crippen LogP contribution < -0.4 is 25.5 Å². The monoisotopic (exact) mass is 510 g/mol. The number of alkyl halides is 3. The van der Waals surface area contributed by atoms with Crippen molar-refractivity contribution >= 4 is 23.6 Å². The summed E-state index contributed by atoms with van der Waals surface area (Å²) in [5.41, 5.74) is 3.34. The number of fused-ring (bicyclic) bond motifs is 3. The number of carbonyl (C=O) groups excluding carboxylic acids is 2. The van der Waals surface area contributed by atoms with Crippen molar-refractivity contribution in [3.8, 4) is 22.6 Å². The van der Waals surface area contributed by atoms with Crippen molar-refractivity contribution in [2.24, 2.45) is 0 Å². The fourth-order valence-corrected chi connectivity index (χ4v) is 4.67. The Hall–Kier alpha value is -3.21. The predicted octanol–water partition coefficient (Wildman–Crippen LogP) is 3.54. The number of amides is 2. The van der Waals surface area contributed by atoms with E-state index in [4.69, 9.17) is 9.47 Å². The smallest absolute Gasteiger partial charge is 0.471 e. The van der Waals surface area contributed by atoms with E-state index in [0.717, 1.165) is 16.7 Å². The van der Waals surface area contributed by atoms with Crippen LogP contribution >= 0.6 is 11.8 Å². The van der Waals surface area contributed by atoms with Gasteiger partial charge in [-0.2, -0.15) is 13.2 Å². The van der Waals surface area contributed by atoms with Gasteiger partial charge in [-0.1, -0.05) is 12.1 Å². The van der Waals surface area contributed by atoms with Gasteiger partial charge < -0.3 is 20.1 Å². The maximum absolute atomic E-state index is 12.9. The Balaban J connectivity index is 2.11. The van der Waals surface area contributed by atoms with Gasteiger partial charge in [-0.3, -0.25) is 14.4 Å². The zero-order valence-electron chi connectivity index (χ0n) is 19.6. The number of thioether (sulfide) groups is 1. The van der Waals surface area contributed by atoms with E-state index < -0.39 is 30.6 Å². The van der Waals surface area contributed by atoms with Crippen molar-refractivity contribution in [1.82, 2.24) is 10.6 Å². The number of hydrogen-bond acceptors (Lipinski definition) is 6. The van der Waals surface area contributed by atoms with Gasteiger partial charge >= 0.3 is 12.1 Å². The van der Waals surface area contributed by atoms with Gasteiger partial charge in [0, 0.05) is 5.56 Å². The number of nitrogens with one attached hydrogen (secondary N) is 2. The Morgan fingerprint density at radius 3 is 2.43 bits per heavy atom. The molecule has 0 fully saturated rings. The molecule has 0 aromatic heterocycles. The standard InChI is InChI=1S/C24H25F3N2O5S/c1-12-9-13-5-7-16(29-19(31)11-28-23(32)24(25,26)27)15-10-17(30)18(35-4)8-6-14(15)20(13)22(34-3)21(12)33-2/h6,8-10,16H,5,7,11H2,1-4H3,(H,28,32)(H,29,31). The van der Waals surface area contributed by atoms with Crippen LogP contribution in [0.5, 0.6) is 11.5 Å². The molecule has 1 unspecified atom stereocenters. The first-order valence-electron chi connectivity index (χ1n) is 10.6. The molecular weight excluding hydrogens is 485 g/mol. The Bertz CT molecular complexity index is 1220. The van der Waals surface area contributed by atoms with Crippen molar-refractivity contribution in [2.75, 3.05) is 27.0 Å². The highest BCUT2D eigenvalue weighted by Crippen LogP contribution is 2.47. The minimum absolute atomic E-state index is 0.259. The highest BCUT2D eigenvalue weighted by atomic mass is 32.2. The van der Waals surface area contributed by atoms with Crippen molar-refractivity contribution in [3.63, 3.8) is 0 Å². The summed E-state index contributed by atoms with van der Waals surface area (Å²) in [6.07, 6.45) is -2.47. The van der Waals surface area contributed by atoms with E-state index >= 15 is 0 Å². The van der Waals surface area contributed by atoms with Crippen molar-refractivity contribution in [3.05, 3.63) is 51.2 Å². The second-order valence-corrected chi connectivity index (χ2v) is 8.76. The third kappa shape index (κ3) is 5.55. The van der Waals surface area contributed by atoms with Crippen molar-refractivity contribution in [2.45, 2.75) is 36.9 Å². The lowest BCUT2D eigenvalue weighted by molar-refractivity contribution is -0.173. The maximum Gasteiger partial charge on any atom is 0.471 e. The summed E-state index contributed by atoms with van der Waals surface area (Å²) in [6.45, 7) is 1.02. The average molecular weight is 511 g/mol.